The lowest BCUT2D eigenvalue weighted by Crippen LogP contribution is -1.99. The first kappa shape index (κ1) is 6.82. The van der Waals surface area contributed by atoms with Crippen LogP contribution in [-0.2, 0) is 13.0 Å². The molecule has 11 heavy (non-hydrogen) atoms. The average molecular weight is 154 g/mol. The Bertz CT molecular complexity index is 246. The largest absolute Gasteiger partial charge is 0.363 e. The second kappa shape index (κ2) is 2.32. The predicted molar refractivity (Wildman–Crippen MR) is 37.7 cm³/mol. The van der Waals surface area contributed by atoms with Crippen molar-refractivity contribution in [2.24, 2.45) is 0 Å². The van der Waals surface area contributed by atoms with Crippen molar-refractivity contribution in [3.63, 3.8) is 0 Å². The predicted octanol–water partition coefficient (Wildman–Crippen LogP) is -0.188. The number of aryl methyl sites for hydroxylation is 2. The Labute approximate surface area is 64.1 Å². The van der Waals surface area contributed by atoms with Crippen molar-refractivity contribution in [2.45, 2.75) is 25.7 Å². The summed E-state index contributed by atoms with van der Waals surface area (Å²) in [5.74, 6) is 0. The van der Waals surface area contributed by atoms with E-state index in [1.54, 1.807) is 6.07 Å². The van der Waals surface area contributed by atoms with E-state index in [1.807, 2.05) is 4.68 Å². The third-order valence-electron chi connectivity index (χ3n) is 1.95. The highest BCUT2D eigenvalue weighted by molar-refractivity contribution is 5.13. The number of nitrogens with zero attached hydrogens (tertiary/aromatic N) is 2. The molecule has 4 nitrogen and oxygen atoms in total. The van der Waals surface area contributed by atoms with Crippen LogP contribution < -0.4 is 0 Å². The highest BCUT2D eigenvalue weighted by Gasteiger charge is 2.16. The molecular formula is C7H10N2O2. The minimum atomic E-state index is -1.42. The van der Waals surface area contributed by atoms with Gasteiger partial charge in [0.05, 0.1) is 0 Å². The number of hydrogen-bond donors (Lipinski definition) is 2. The molecule has 2 heterocycles. The van der Waals surface area contributed by atoms with Crippen LogP contribution in [0.4, 0.5) is 0 Å². The third-order valence-corrected chi connectivity index (χ3v) is 1.95. The summed E-state index contributed by atoms with van der Waals surface area (Å²) in [6.45, 7) is 0.905. The van der Waals surface area contributed by atoms with Gasteiger partial charge >= 0.3 is 0 Å². The molecule has 0 saturated carbocycles. The van der Waals surface area contributed by atoms with E-state index in [0.29, 0.717) is 5.69 Å². The third kappa shape index (κ3) is 1.04. The Balaban J connectivity index is 2.34. The van der Waals surface area contributed by atoms with Crippen LogP contribution in [0.25, 0.3) is 0 Å². The zero-order valence-corrected chi connectivity index (χ0v) is 6.06. The lowest BCUT2D eigenvalue weighted by atomic mass is 10.3. The summed E-state index contributed by atoms with van der Waals surface area (Å²) in [6, 6.07) is 1.75. The first-order valence-electron chi connectivity index (χ1n) is 3.70. The lowest BCUT2D eigenvalue weighted by Gasteiger charge is -1.96. The molecule has 0 unspecified atom stereocenters. The molecule has 0 aliphatic carbocycles. The first-order chi connectivity index (χ1) is 5.27. The molecule has 0 bridgehead atoms. The van der Waals surface area contributed by atoms with E-state index in [4.69, 9.17) is 10.2 Å². The van der Waals surface area contributed by atoms with Crippen LogP contribution >= 0.6 is 0 Å². The summed E-state index contributed by atoms with van der Waals surface area (Å²) in [7, 11) is 0. The van der Waals surface area contributed by atoms with Crippen LogP contribution in [0.2, 0.25) is 0 Å². The number of aliphatic hydroxyl groups excluding tert-OH is 1. The molecule has 0 spiro atoms. The Kier molecular flexibility index (Phi) is 1.44. The van der Waals surface area contributed by atoms with Crippen LogP contribution in [0.5, 0.6) is 0 Å². The molecule has 2 rings (SSSR count). The molecule has 2 N–H and O–H groups in total. The minimum absolute atomic E-state index is 0.361. The molecule has 0 amide bonds. The highest BCUT2D eigenvalue weighted by Crippen LogP contribution is 2.17. The Hall–Kier alpha value is -0.870. The van der Waals surface area contributed by atoms with Crippen molar-refractivity contribution in [1.82, 2.24) is 9.78 Å². The van der Waals surface area contributed by atoms with Crippen molar-refractivity contribution >= 4 is 0 Å². The number of fused-ring (bicyclic) bond motifs is 1. The summed E-state index contributed by atoms with van der Waals surface area (Å²) in [5, 5.41) is 21.5. The van der Waals surface area contributed by atoms with Crippen LogP contribution in [-0.4, -0.2) is 20.0 Å². The summed E-state index contributed by atoms with van der Waals surface area (Å²) in [5.41, 5.74) is 1.47. The number of rotatable bonds is 1. The van der Waals surface area contributed by atoms with Crippen molar-refractivity contribution in [2.75, 3.05) is 0 Å². The van der Waals surface area contributed by atoms with Crippen molar-refractivity contribution in [3.8, 4) is 0 Å². The molecule has 0 radical (unpaired) electrons. The van der Waals surface area contributed by atoms with Gasteiger partial charge in [-0.2, -0.15) is 5.10 Å². The number of aliphatic hydroxyl groups is 2. The SMILES string of the molecule is OC(O)c1cc2n(n1)CCC2. The van der Waals surface area contributed by atoms with Gasteiger partial charge in [-0.05, 0) is 18.9 Å². The van der Waals surface area contributed by atoms with Gasteiger partial charge in [-0.3, -0.25) is 4.68 Å². The minimum Gasteiger partial charge on any atom is -0.363 e. The highest BCUT2D eigenvalue weighted by atomic mass is 16.5. The van der Waals surface area contributed by atoms with Gasteiger partial charge in [0, 0.05) is 12.2 Å². The molecular weight excluding hydrogens is 144 g/mol. The standard InChI is InChI=1S/C7H10N2O2/c10-7(11)6-4-5-2-1-3-9(5)8-6/h4,7,10-11H,1-3H2. The fourth-order valence-corrected chi connectivity index (χ4v) is 1.41. The molecule has 60 valence electrons. The number of aromatic nitrogens is 2. The monoisotopic (exact) mass is 154 g/mol. The zero-order valence-electron chi connectivity index (χ0n) is 6.06. The van der Waals surface area contributed by atoms with Crippen LogP contribution in [0.3, 0.4) is 0 Å². The lowest BCUT2D eigenvalue weighted by molar-refractivity contribution is -0.0462. The molecule has 4 heteroatoms. The second-order valence-electron chi connectivity index (χ2n) is 2.76. The van der Waals surface area contributed by atoms with E-state index in [1.165, 1.54) is 0 Å². The summed E-state index contributed by atoms with van der Waals surface area (Å²) in [4.78, 5) is 0. The second-order valence-corrected chi connectivity index (χ2v) is 2.76. The Morgan fingerprint density at radius 2 is 2.36 bits per heavy atom. The van der Waals surface area contributed by atoms with E-state index in [-0.39, 0.29) is 0 Å². The van der Waals surface area contributed by atoms with Gasteiger partial charge in [-0.1, -0.05) is 0 Å². The average Bonchev–Trinajstić information content (AvgIpc) is 2.40. The maximum atomic E-state index is 8.76. The summed E-state index contributed by atoms with van der Waals surface area (Å²) in [6.07, 6.45) is 0.692. The van der Waals surface area contributed by atoms with Gasteiger partial charge in [-0.25, -0.2) is 0 Å². The van der Waals surface area contributed by atoms with Gasteiger partial charge in [0.1, 0.15) is 5.69 Å². The van der Waals surface area contributed by atoms with Gasteiger partial charge in [0.2, 0.25) is 0 Å². The zero-order chi connectivity index (χ0) is 7.84. The van der Waals surface area contributed by atoms with Crippen LogP contribution in [0.1, 0.15) is 24.1 Å². The maximum absolute atomic E-state index is 8.76. The maximum Gasteiger partial charge on any atom is 0.197 e. The van der Waals surface area contributed by atoms with Crippen LogP contribution in [0, 0.1) is 0 Å². The molecule has 1 aromatic heterocycles. The molecule has 1 aliphatic heterocycles. The van der Waals surface area contributed by atoms with E-state index in [9.17, 15) is 0 Å². The molecule has 0 aromatic carbocycles. The van der Waals surface area contributed by atoms with Gasteiger partial charge < -0.3 is 10.2 Å². The van der Waals surface area contributed by atoms with Crippen molar-refractivity contribution < 1.29 is 10.2 Å². The van der Waals surface area contributed by atoms with E-state index >= 15 is 0 Å². The fraction of sp³-hybridized carbons (Fsp3) is 0.571. The molecule has 0 fully saturated rings. The molecule has 1 aliphatic rings. The normalized spacial score (nSPS) is 15.9. The van der Waals surface area contributed by atoms with Crippen LogP contribution in [0.15, 0.2) is 6.07 Å². The number of hydrogen-bond acceptors (Lipinski definition) is 3. The summed E-state index contributed by atoms with van der Waals surface area (Å²) < 4.78 is 1.83. The Morgan fingerprint density at radius 1 is 1.55 bits per heavy atom. The quantitative estimate of drug-likeness (QED) is 0.551. The van der Waals surface area contributed by atoms with Gasteiger partial charge in [-0.15, -0.1) is 0 Å². The van der Waals surface area contributed by atoms with Crippen molar-refractivity contribution in [1.29, 1.82) is 0 Å². The molecule has 0 saturated heterocycles. The van der Waals surface area contributed by atoms with E-state index < -0.39 is 6.29 Å². The topological polar surface area (TPSA) is 58.3 Å². The van der Waals surface area contributed by atoms with Gasteiger partial charge in [0.25, 0.3) is 0 Å². The summed E-state index contributed by atoms with van der Waals surface area (Å²) >= 11 is 0. The van der Waals surface area contributed by atoms with E-state index in [2.05, 4.69) is 5.10 Å². The van der Waals surface area contributed by atoms with E-state index in [0.717, 1.165) is 25.1 Å². The fourth-order valence-electron chi connectivity index (χ4n) is 1.41. The Morgan fingerprint density at radius 3 is 3.00 bits per heavy atom. The smallest absolute Gasteiger partial charge is 0.197 e. The first-order valence-corrected chi connectivity index (χ1v) is 3.70. The van der Waals surface area contributed by atoms with Crippen molar-refractivity contribution in [3.05, 3.63) is 17.5 Å². The van der Waals surface area contributed by atoms with Gasteiger partial charge in [0.15, 0.2) is 6.29 Å². The molecule has 0 atom stereocenters. The molecule has 1 aromatic rings.